The van der Waals surface area contributed by atoms with Crippen molar-refractivity contribution in [3.8, 4) is 0 Å². The zero-order valence-corrected chi connectivity index (χ0v) is 11.7. The maximum Gasteiger partial charge on any atom is 0.294 e. The molecule has 6 heteroatoms. The highest BCUT2D eigenvalue weighted by molar-refractivity contribution is 7.85. The topological polar surface area (TPSA) is 75.6 Å². The van der Waals surface area contributed by atoms with Crippen molar-refractivity contribution >= 4 is 10.1 Å². The maximum absolute atomic E-state index is 10.5. The molecule has 2 saturated heterocycles. The lowest BCUT2D eigenvalue weighted by Gasteiger charge is -2.02. The fraction of sp³-hybridized carbons (Fsp3) is 0.538. The third kappa shape index (κ3) is 4.01. The molecule has 0 bridgehead atoms. The van der Waals surface area contributed by atoms with Crippen molar-refractivity contribution in [2.75, 3.05) is 19.8 Å². The molecule has 1 aromatic rings. The minimum Gasteiger partial charge on any atom is -0.379 e. The minimum atomic E-state index is -4.02. The molecule has 2 N–H and O–H groups in total. The Kier molecular flexibility index (Phi) is 4.57. The third-order valence-electron chi connectivity index (χ3n) is 3.44. The van der Waals surface area contributed by atoms with E-state index in [0.29, 0.717) is 6.04 Å². The highest BCUT2D eigenvalue weighted by Gasteiger charge is 2.31. The molecule has 3 rings (SSSR count). The number of benzene rings is 1. The van der Waals surface area contributed by atoms with Gasteiger partial charge in [0.1, 0.15) is 0 Å². The second kappa shape index (κ2) is 6.00. The number of ether oxygens (including phenoxy) is 1. The van der Waals surface area contributed by atoms with Gasteiger partial charge >= 0.3 is 0 Å². The summed E-state index contributed by atoms with van der Waals surface area (Å²) >= 11 is 0. The summed E-state index contributed by atoms with van der Waals surface area (Å²) in [6.07, 6.45) is 1.32. The number of hydrogen-bond donors (Lipinski definition) is 2. The number of fused-ring (bicyclic) bond motifs is 1. The molecule has 1 aromatic carbocycles. The highest BCUT2D eigenvalue weighted by atomic mass is 32.2. The summed E-state index contributed by atoms with van der Waals surface area (Å²) in [5.41, 5.74) is 0.956. The Bertz CT molecular complexity index is 492. The lowest BCUT2D eigenvalue weighted by atomic mass is 10.1. The monoisotopic (exact) mass is 285 g/mol. The van der Waals surface area contributed by atoms with Gasteiger partial charge in [-0.05, 0) is 32.0 Å². The van der Waals surface area contributed by atoms with Crippen LogP contribution in [0.2, 0.25) is 0 Å². The minimum absolute atomic E-state index is 0.0666. The largest absolute Gasteiger partial charge is 0.379 e. The van der Waals surface area contributed by atoms with Crippen molar-refractivity contribution in [2.45, 2.75) is 24.3 Å². The summed E-state index contributed by atoms with van der Waals surface area (Å²) in [4.78, 5) is -0.0666. The summed E-state index contributed by atoms with van der Waals surface area (Å²) in [5.74, 6) is 0.843. The van der Waals surface area contributed by atoms with E-state index < -0.39 is 10.1 Å². The van der Waals surface area contributed by atoms with Gasteiger partial charge in [-0.1, -0.05) is 17.7 Å². The molecule has 2 fully saturated rings. The number of nitrogens with one attached hydrogen (secondary N) is 1. The SMILES string of the molecule is C1C[C@H]2COC[C@@H]2N1.Cc1ccc(S(=O)(=O)O)cc1. The van der Waals surface area contributed by atoms with Crippen molar-refractivity contribution in [1.29, 1.82) is 0 Å². The van der Waals surface area contributed by atoms with Crippen molar-refractivity contribution in [3.05, 3.63) is 29.8 Å². The van der Waals surface area contributed by atoms with Crippen LogP contribution in [0.5, 0.6) is 0 Å². The molecule has 2 aliphatic heterocycles. The average molecular weight is 285 g/mol. The maximum atomic E-state index is 10.5. The van der Waals surface area contributed by atoms with E-state index in [0.717, 1.165) is 24.7 Å². The predicted octanol–water partition coefficient (Wildman–Crippen LogP) is 1.24. The van der Waals surface area contributed by atoms with Gasteiger partial charge < -0.3 is 10.1 Å². The van der Waals surface area contributed by atoms with Crippen LogP contribution in [0.15, 0.2) is 29.2 Å². The van der Waals surface area contributed by atoms with Crippen molar-refractivity contribution in [3.63, 3.8) is 0 Å². The van der Waals surface area contributed by atoms with E-state index in [9.17, 15) is 8.42 Å². The fourth-order valence-electron chi connectivity index (χ4n) is 2.27. The second-order valence-corrected chi connectivity index (χ2v) is 6.36. The molecule has 2 aliphatic rings. The molecule has 0 spiro atoms. The van der Waals surface area contributed by atoms with Gasteiger partial charge in [-0.15, -0.1) is 0 Å². The van der Waals surface area contributed by atoms with Gasteiger partial charge in [-0.2, -0.15) is 8.42 Å². The van der Waals surface area contributed by atoms with Crippen LogP contribution in [-0.4, -0.2) is 38.8 Å². The van der Waals surface area contributed by atoms with Crippen LogP contribution in [0.1, 0.15) is 12.0 Å². The second-order valence-electron chi connectivity index (χ2n) is 4.93. The van der Waals surface area contributed by atoms with Gasteiger partial charge in [0.25, 0.3) is 10.1 Å². The lowest BCUT2D eigenvalue weighted by Crippen LogP contribution is -2.25. The molecular formula is C13H19NO4S. The average Bonchev–Trinajstić information content (AvgIpc) is 2.91. The van der Waals surface area contributed by atoms with Gasteiger partial charge in [0.05, 0.1) is 18.1 Å². The van der Waals surface area contributed by atoms with Crippen LogP contribution in [0, 0.1) is 12.8 Å². The van der Waals surface area contributed by atoms with E-state index in [2.05, 4.69) is 5.32 Å². The lowest BCUT2D eigenvalue weighted by molar-refractivity contribution is 0.177. The van der Waals surface area contributed by atoms with E-state index in [1.807, 2.05) is 6.92 Å². The first kappa shape index (κ1) is 14.5. The Morgan fingerprint density at radius 3 is 2.53 bits per heavy atom. The van der Waals surface area contributed by atoms with Crippen LogP contribution in [0.25, 0.3) is 0 Å². The van der Waals surface area contributed by atoms with Gasteiger partial charge in [0.2, 0.25) is 0 Å². The Morgan fingerprint density at radius 1 is 1.26 bits per heavy atom. The van der Waals surface area contributed by atoms with Crippen molar-refractivity contribution in [2.24, 2.45) is 5.92 Å². The zero-order valence-electron chi connectivity index (χ0n) is 10.9. The Balaban J connectivity index is 0.000000146. The Labute approximate surface area is 113 Å². The molecule has 0 unspecified atom stereocenters. The van der Waals surface area contributed by atoms with Gasteiger partial charge in [-0.25, -0.2) is 0 Å². The molecule has 19 heavy (non-hydrogen) atoms. The van der Waals surface area contributed by atoms with Gasteiger partial charge in [0.15, 0.2) is 0 Å². The van der Waals surface area contributed by atoms with Crippen LogP contribution in [0.4, 0.5) is 0 Å². The molecule has 0 aromatic heterocycles. The molecule has 106 valence electrons. The van der Waals surface area contributed by atoms with Crippen molar-refractivity contribution < 1.29 is 17.7 Å². The normalized spacial score (nSPS) is 25.6. The van der Waals surface area contributed by atoms with E-state index in [1.165, 1.54) is 25.1 Å². The molecule has 0 aliphatic carbocycles. The molecule has 0 radical (unpaired) electrons. The standard InChI is InChI=1S/C7H8O3S.C6H11NO/c1-6-2-4-7(5-3-6)11(8,9)10;1-2-7-6-4-8-3-5(1)6/h2-5H,1H3,(H,8,9,10);5-7H,1-4H2/t;5-,6-/m.0/s1. The predicted molar refractivity (Wildman–Crippen MR) is 71.7 cm³/mol. The number of rotatable bonds is 1. The summed E-state index contributed by atoms with van der Waals surface area (Å²) < 4.78 is 34.8. The Hall–Kier alpha value is -0.950. The highest BCUT2D eigenvalue weighted by Crippen LogP contribution is 2.21. The fourth-order valence-corrected chi connectivity index (χ4v) is 2.75. The van der Waals surface area contributed by atoms with E-state index in [1.54, 1.807) is 12.1 Å². The molecule has 0 saturated carbocycles. The summed E-state index contributed by atoms with van der Waals surface area (Å²) in [5, 5.41) is 3.39. The summed E-state index contributed by atoms with van der Waals surface area (Å²) in [6, 6.07) is 6.69. The van der Waals surface area contributed by atoms with Crippen LogP contribution < -0.4 is 5.32 Å². The molecule has 2 heterocycles. The smallest absolute Gasteiger partial charge is 0.294 e. The van der Waals surface area contributed by atoms with Gasteiger partial charge in [-0.3, -0.25) is 4.55 Å². The first-order valence-electron chi connectivity index (χ1n) is 6.32. The Morgan fingerprint density at radius 2 is 1.95 bits per heavy atom. The van der Waals surface area contributed by atoms with Gasteiger partial charge in [0, 0.05) is 12.0 Å². The van der Waals surface area contributed by atoms with Crippen LogP contribution in [0.3, 0.4) is 0 Å². The summed E-state index contributed by atoms with van der Waals surface area (Å²) in [7, 11) is -4.02. The number of aryl methyl sites for hydroxylation is 1. The van der Waals surface area contributed by atoms with E-state index in [-0.39, 0.29) is 4.90 Å². The van der Waals surface area contributed by atoms with Crippen LogP contribution in [-0.2, 0) is 14.9 Å². The number of hydrogen-bond acceptors (Lipinski definition) is 4. The summed E-state index contributed by atoms with van der Waals surface area (Å²) in [6.45, 7) is 4.99. The first-order chi connectivity index (χ1) is 8.97. The third-order valence-corrected chi connectivity index (χ3v) is 4.31. The van der Waals surface area contributed by atoms with E-state index in [4.69, 9.17) is 9.29 Å². The van der Waals surface area contributed by atoms with E-state index >= 15 is 0 Å². The first-order valence-corrected chi connectivity index (χ1v) is 7.76. The zero-order chi connectivity index (χ0) is 13.9. The quantitative estimate of drug-likeness (QED) is 0.759. The van der Waals surface area contributed by atoms with Crippen LogP contribution >= 0.6 is 0 Å². The molecule has 2 atom stereocenters. The molecular weight excluding hydrogens is 266 g/mol. The molecule has 0 amide bonds. The van der Waals surface area contributed by atoms with Crippen molar-refractivity contribution in [1.82, 2.24) is 5.32 Å². The molecule has 5 nitrogen and oxygen atoms in total.